The van der Waals surface area contributed by atoms with Crippen molar-refractivity contribution in [3.05, 3.63) is 53.9 Å². The minimum Gasteiger partial charge on any atom is -0.354 e. The van der Waals surface area contributed by atoms with Crippen LogP contribution in [0.4, 0.5) is 20.2 Å². The first-order valence-electron chi connectivity index (χ1n) is 6.92. The Morgan fingerprint density at radius 2 is 1.86 bits per heavy atom. The van der Waals surface area contributed by atoms with Gasteiger partial charge in [-0.1, -0.05) is 13.8 Å². The van der Waals surface area contributed by atoms with Gasteiger partial charge in [0.05, 0.1) is 11.9 Å². The van der Waals surface area contributed by atoms with Gasteiger partial charge < -0.3 is 10.6 Å². The zero-order valence-electron chi connectivity index (χ0n) is 12.4. The average Bonchev–Trinajstić information content (AvgIpc) is 2.49. The average molecular weight is 305 g/mol. The molecular formula is C16H17F2N3O. The highest BCUT2D eigenvalue weighted by Crippen LogP contribution is 2.18. The molecule has 0 radical (unpaired) electrons. The molecule has 0 aliphatic carbocycles. The molecule has 0 saturated heterocycles. The fourth-order valence-electron chi connectivity index (χ4n) is 1.73. The fraction of sp³-hybridized carbons (Fsp3) is 0.250. The molecule has 116 valence electrons. The molecular weight excluding hydrogens is 288 g/mol. The number of amides is 1. The molecule has 2 N–H and O–H groups in total. The Kier molecular flexibility index (Phi) is 5.04. The van der Waals surface area contributed by atoms with Crippen LogP contribution in [0.3, 0.4) is 0 Å². The molecule has 0 aliphatic rings. The predicted octanol–water partition coefficient (Wildman–Crippen LogP) is 3.49. The first-order valence-corrected chi connectivity index (χ1v) is 6.92. The van der Waals surface area contributed by atoms with E-state index in [4.69, 9.17) is 0 Å². The summed E-state index contributed by atoms with van der Waals surface area (Å²) in [4.78, 5) is 15.9. The molecule has 2 rings (SSSR count). The van der Waals surface area contributed by atoms with Crippen LogP contribution in [0.5, 0.6) is 0 Å². The molecule has 0 aliphatic heterocycles. The van der Waals surface area contributed by atoms with Crippen molar-refractivity contribution >= 4 is 17.3 Å². The number of nitrogens with zero attached hydrogens (tertiary/aromatic N) is 1. The van der Waals surface area contributed by atoms with Crippen LogP contribution in [-0.2, 0) is 0 Å². The van der Waals surface area contributed by atoms with Crippen molar-refractivity contribution in [2.24, 2.45) is 5.92 Å². The van der Waals surface area contributed by atoms with Crippen LogP contribution >= 0.6 is 0 Å². The molecule has 22 heavy (non-hydrogen) atoms. The number of hydrogen-bond donors (Lipinski definition) is 2. The van der Waals surface area contributed by atoms with E-state index in [0.29, 0.717) is 29.5 Å². The third-order valence-electron chi connectivity index (χ3n) is 2.88. The molecule has 1 aromatic carbocycles. The zero-order chi connectivity index (χ0) is 16.1. The number of carbonyl (C=O) groups is 1. The van der Waals surface area contributed by atoms with Crippen LogP contribution in [-0.4, -0.2) is 17.4 Å². The Labute approximate surface area is 127 Å². The number of anilines is 2. The minimum atomic E-state index is -0.928. The number of carbonyl (C=O) groups excluding carboxylic acids is 1. The summed E-state index contributed by atoms with van der Waals surface area (Å²) in [5.41, 5.74) is 1.28. The first kappa shape index (κ1) is 15.9. The molecule has 0 fully saturated rings. The maximum atomic E-state index is 13.1. The van der Waals surface area contributed by atoms with Gasteiger partial charge in [0.15, 0.2) is 11.6 Å². The Balaban J connectivity index is 2.02. The number of halogens is 2. The van der Waals surface area contributed by atoms with E-state index in [1.807, 2.05) is 13.8 Å². The van der Waals surface area contributed by atoms with Gasteiger partial charge in [0, 0.05) is 18.3 Å². The number of benzene rings is 1. The second-order valence-electron chi connectivity index (χ2n) is 5.29. The first-order chi connectivity index (χ1) is 10.5. The van der Waals surface area contributed by atoms with Gasteiger partial charge in [0.1, 0.15) is 5.69 Å². The standard InChI is InChI=1S/C16H17F2N3O/c1-10(2)8-20-16(22)15-6-4-12(9-19-15)21-11-3-5-13(17)14(18)7-11/h3-7,9-10,21H,8H2,1-2H3,(H,20,22). The van der Waals surface area contributed by atoms with E-state index in [2.05, 4.69) is 15.6 Å². The van der Waals surface area contributed by atoms with Gasteiger partial charge in [-0.2, -0.15) is 0 Å². The molecule has 2 aromatic rings. The van der Waals surface area contributed by atoms with Gasteiger partial charge in [0.25, 0.3) is 5.91 Å². The Bertz CT molecular complexity index is 657. The summed E-state index contributed by atoms with van der Waals surface area (Å²) in [6, 6.07) is 6.73. The molecule has 0 bridgehead atoms. The molecule has 0 atom stereocenters. The summed E-state index contributed by atoms with van der Waals surface area (Å²) in [5.74, 6) is -1.71. The number of rotatable bonds is 5. The smallest absolute Gasteiger partial charge is 0.269 e. The summed E-state index contributed by atoms with van der Waals surface area (Å²) < 4.78 is 26.0. The van der Waals surface area contributed by atoms with Crippen LogP contribution in [0.25, 0.3) is 0 Å². The molecule has 0 unspecified atom stereocenters. The van der Waals surface area contributed by atoms with Crippen molar-refractivity contribution in [2.45, 2.75) is 13.8 Å². The van der Waals surface area contributed by atoms with E-state index >= 15 is 0 Å². The summed E-state index contributed by atoms with van der Waals surface area (Å²) in [5, 5.41) is 5.66. The van der Waals surface area contributed by atoms with Gasteiger partial charge in [-0.15, -0.1) is 0 Å². The van der Waals surface area contributed by atoms with Crippen LogP contribution in [0.15, 0.2) is 36.5 Å². The quantitative estimate of drug-likeness (QED) is 0.889. The van der Waals surface area contributed by atoms with E-state index in [9.17, 15) is 13.6 Å². The third-order valence-corrected chi connectivity index (χ3v) is 2.88. The monoisotopic (exact) mass is 305 g/mol. The molecule has 1 heterocycles. The number of pyridine rings is 1. The van der Waals surface area contributed by atoms with E-state index in [1.165, 1.54) is 12.3 Å². The lowest BCUT2D eigenvalue weighted by Gasteiger charge is -2.09. The van der Waals surface area contributed by atoms with Gasteiger partial charge in [-0.25, -0.2) is 13.8 Å². The Hall–Kier alpha value is -2.50. The molecule has 1 aromatic heterocycles. The van der Waals surface area contributed by atoms with Crippen molar-refractivity contribution in [3.8, 4) is 0 Å². The lowest BCUT2D eigenvalue weighted by atomic mass is 10.2. The predicted molar refractivity (Wildman–Crippen MR) is 81.0 cm³/mol. The van der Waals surface area contributed by atoms with Crippen molar-refractivity contribution in [3.63, 3.8) is 0 Å². The highest BCUT2D eigenvalue weighted by Gasteiger charge is 2.08. The number of hydrogen-bond acceptors (Lipinski definition) is 3. The van der Waals surface area contributed by atoms with E-state index in [1.54, 1.807) is 12.1 Å². The van der Waals surface area contributed by atoms with Crippen molar-refractivity contribution < 1.29 is 13.6 Å². The Morgan fingerprint density at radius 3 is 2.45 bits per heavy atom. The maximum absolute atomic E-state index is 13.1. The SMILES string of the molecule is CC(C)CNC(=O)c1ccc(Nc2ccc(F)c(F)c2)cn1. The van der Waals surface area contributed by atoms with Gasteiger partial charge in [-0.3, -0.25) is 4.79 Å². The van der Waals surface area contributed by atoms with Crippen LogP contribution in [0.2, 0.25) is 0 Å². The van der Waals surface area contributed by atoms with Crippen LogP contribution in [0.1, 0.15) is 24.3 Å². The van der Waals surface area contributed by atoms with Crippen LogP contribution < -0.4 is 10.6 Å². The normalized spacial score (nSPS) is 10.6. The van der Waals surface area contributed by atoms with E-state index in [-0.39, 0.29) is 5.91 Å². The van der Waals surface area contributed by atoms with Crippen molar-refractivity contribution in [1.29, 1.82) is 0 Å². The number of nitrogens with one attached hydrogen (secondary N) is 2. The Morgan fingerprint density at radius 1 is 1.14 bits per heavy atom. The van der Waals surface area contributed by atoms with Gasteiger partial charge >= 0.3 is 0 Å². The summed E-state index contributed by atoms with van der Waals surface area (Å²) in [6.07, 6.45) is 1.46. The lowest BCUT2D eigenvalue weighted by Crippen LogP contribution is -2.27. The van der Waals surface area contributed by atoms with E-state index < -0.39 is 11.6 Å². The largest absolute Gasteiger partial charge is 0.354 e. The van der Waals surface area contributed by atoms with Gasteiger partial charge in [0.2, 0.25) is 0 Å². The second kappa shape index (κ2) is 6.98. The zero-order valence-corrected chi connectivity index (χ0v) is 12.4. The highest BCUT2D eigenvalue weighted by atomic mass is 19.2. The third kappa shape index (κ3) is 4.25. The highest BCUT2D eigenvalue weighted by molar-refractivity contribution is 5.92. The molecule has 4 nitrogen and oxygen atoms in total. The minimum absolute atomic E-state index is 0.243. The topological polar surface area (TPSA) is 54.0 Å². The van der Waals surface area contributed by atoms with Crippen molar-refractivity contribution in [2.75, 3.05) is 11.9 Å². The summed E-state index contributed by atoms with van der Waals surface area (Å²) in [6.45, 7) is 4.58. The summed E-state index contributed by atoms with van der Waals surface area (Å²) >= 11 is 0. The summed E-state index contributed by atoms with van der Waals surface area (Å²) in [7, 11) is 0. The van der Waals surface area contributed by atoms with E-state index in [0.717, 1.165) is 12.1 Å². The molecule has 6 heteroatoms. The number of aromatic nitrogens is 1. The van der Waals surface area contributed by atoms with Gasteiger partial charge in [-0.05, 0) is 30.2 Å². The molecule has 1 amide bonds. The van der Waals surface area contributed by atoms with Crippen molar-refractivity contribution in [1.82, 2.24) is 10.3 Å². The van der Waals surface area contributed by atoms with Crippen LogP contribution in [0, 0.1) is 17.6 Å². The lowest BCUT2D eigenvalue weighted by molar-refractivity contribution is 0.0944. The maximum Gasteiger partial charge on any atom is 0.269 e. The fourth-order valence-corrected chi connectivity index (χ4v) is 1.73. The second-order valence-corrected chi connectivity index (χ2v) is 5.29. The molecule has 0 spiro atoms. The molecule has 0 saturated carbocycles.